The van der Waals surface area contributed by atoms with Gasteiger partial charge in [-0.3, -0.25) is 0 Å². The molecule has 0 saturated heterocycles. The van der Waals surface area contributed by atoms with Crippen LogP contribution < -0.4 is 0 Å². The number of nitrogens with zero attached hydrogens (tertiary/aromatic N) is 1. The maximum atomic E-state index is 12.4. The number of rotatable bonds is 3. The van der Waals surface area contributed by atoms with E-state index >= 15 is 0 Å². The molecule has 0 spiro atoms. The van der Waals surface area contributed by atoms with Crippen LogP contribution in [0.15, 0.2) is 54.6 Å². The minimum absolute atomic E-state index is 0.229. The van der Waals surface area contributed by atoms with E-state index in [-0.39, 0.29) is 11.1 Å². The number of aromatic nitrogens is 1. The molecule has 0 radical (unpaired) electrons. The Bertz CT molecular complexity index is 1100. The number of ether oxygens (including phenoxy) is 2. The van der Waals surface area contributed by atoms with Crippen molar-refractivity contribution in [2.24, 2.45) is 0 Å². The maximum absolute atomic E-state index is 12.4. The molecule has 4 aromatic rings. The third-order valence-corrected chi connectivity index (χ3v) is 4.40. The van der Waals surface area contributed by atoms with Gasteiger partial charge >= 0.3 is 11.9 Å². The van der Waals surface area contributed by atoms with Crippen molar-refractivity contribution in [3.8, 4) is 11.1 Å². The zero-order valence-corrected chi connectivity index (χ0v) is 13.8. The number of pyridine rings is 1. The smallest absolute Gasteiger partial charge is 0.340 e. The summed E-state index contributed by atoms with van der Waals surface area (Å²) in [6.07, 6.45) is 0. The van der Waals surface area contributed by atoms with E-state index in [0.29, 0.717) is 11.0 Å². The fourth-order valence-corrected chi connectivity index (χ4v) is 3.30. The molecule has 0 aliphatic rings. The highest BCUT2D eigenvalue weighted by Gasteiger charge is 2.28. The Kier molecular flexibility index (Phi) is 3.42. The van der Waals surface area contributed by atoms with E-state index < -0.39 is 11.9 Å². The van der Waals surface area contributed by atoms with Crippen LogP contribution in [-0.4, -0.2) is 30.6 Å². The predicted octanol–water partition coefficient (Wildman–Crippen LogP) is 3.77. The molecule has 0 aliphatic heterocycles. The van der Waals surface area contributed by atoms with Gasteiger partial charge < -0.3 is 13.9 Å². The monoisotopic (exact) mass is 333 g/mol. The molecule has 1 aromatic carbocycles. The molecule has 0 saturated carbocycles. The normalized spacial score (nSPS) is 11.1. The molecule has 5 heteroatoms. The summed E-state index contributed by atoms with van der Waals surface area (Å²) < 4.78 is 11.7. The van der Waals surface area contributed by atoms with Crippen LogP contribution in [0.2, 0.25) is 0 Å². The lowest BCUT2D eigenvalue weighted by Gasteiger charge is -2.06. The molecule has 0 N–H and O–H groups in total. The fourth-order valence-electron chi connectivity index (χ4n) is 3.30. The molecule has 0 bridgehead atoms. The molecule has 0 aliphatic carbocycles. The molecule has 0 fully saturated rings. The van der Waals surface area contributed by atoms with Crippen LogP contribution in [0.3, 0.4) is 0 Å². The van der Waals surface area contributed by atoms with Crippen LogP contribution >= 0.6 is 0 Å². The minimum atomic E-state index is -0.560. The van der Waals surface area contributed by atoms with E-state index in [9.17, 15) is 9.59 Å². The van der Waals surface area contributed by atoms with E-state index in [0.717, 1.165) is 16.6 Å². The molecule has 0 atom stereocenters. The molecule has 5 nitrogen and oxygen atoms in total. The lowest BCUT2D eigenvalue weighted by molar-refractivity contribution is 0.0559. The number of esters is 2. The highest BCUT2D eigenvalue weighted by Crippen LogP contribution is 2.34. The fraction of sp³-hybridized carbons (Fsp3) is 0.100. The predicted molar refractivity (Wildman–Crippen MR) is 94.2 cm³/mol. The summed E-state index contributed by atoms with van der Waals surface area (Å²) in [5.41, 5.74) is 4.61. The van der Waals surface area contributed by atoms with Gasteiger partial charge in [-0.2, -0.15) is 0 Å². The first kappa shape index (κ1) is 15.2. The highest BCUT2D eigenvalue weighted by atomic mass is 16.5. The summed E-state index contributed by atoms with van der Waals surface area (Å²) in [6, 6.07) is 17.5. The largest absolute Gasteiger partial charge is 0.465 e. The molecular weight excluding hydrogens is 318 g/mol. The van der Waals surface area contributed by atoms with Crippen molar-refractivity contribution in [1.82, 2.24) is 4.40 Å². The number of hydrogen-bond donors (Lipinski definition) is 0. The lowest BCUT2D eigenvalue weighted by atomic mass is 10.0. The van der Waals surface area contributed by atoms with E-state index in [4.69, 9.17) is 9.47 Å². The molecule has 3 aromatic heterocycles. The number of carbonyl (C=O) groups is 2. The first-order valence-electron chi connectivity index (χ1n) is 7.78. The summed E-state index contributed by atoms with van der Waals surface area (Å²) in [5, 5.41) is 0. The Morgan fingerprint density at radius 3 is 2.04 bits per heavy atom. The van der Waals surface area contributed by atoms with E-state index in [1.54, 1.807) is 0 Å². The third-order valence-electron chi connectivity index (χ3n) is 4.40. The van der Waals surface area contributed by atoms with Gasteiger partial charge in [0.25, 0.3) is 0 Å². The Labute approximate surface area is 143 Å². The summed E-state index contributed by atoms with van der Waals surface area (Å²) in [7, 11) is 2.60. The van der Waals surface area contributed by atoms with Crippen molar-refractivity contribution in [1.29, 1.82) is 0 Å². The van der Waals surface area contributed by atoms with E-state index in [2.05, 4.69) is 0 Å². The quantitative estimate of drug-likeness (QED) is 0.536. The minimum Gasteiger partial charge on any atom is -0.465 e. The van der Waals surface area contributed by atoms with Crippen LogP contribution in [0, 0.1) is 0 Å². The second-order valence-electron chi connectivity index (χ2n) is 5.71. The van der Waals surface area contributed by atoms with Crippen molar-refractivity contribution in [3.63, 3.8) is 0 Å². The molecule has 0 amide bonds. The zero-order valence-electron chi connectivity index (χ0n) is 13.8. The van der Waals surface area contributed by atoms with Crippen molar-refractivity contribution < 1.29 is 19.1 Å². The molecular formula is C20H15NO4. The van der Waals surface area contributed by atoms with Crippen LogP contribution in [0.25, 0.3) is 27.7 Å². The maximum Gasteiger partial charge on any atom is 0.340 e. The summed E-state index contributed by atoms with van der Waals surface area (Å²) in [6.45, 7) is 0. The van der Waals surface area contributed by atoms with Crippen LogP contribution in [0.5, 0.6) is 0 Å². The molecule has 3 heterocycles. The molecule has 25 heavy (non-hydrogen) atoms. The number of benzene rings is 1. The van der Waals surface area contributed by atoms with Gasteiger partial charge in [-0.15, -0.1) is 0 Å². The van der Waals surface area contributed by atoms with Crippen LogP contribution in [0.4, 0.5) is 0 Å². The number of methoxy groups -OCH3 is 2. The van der Waals surface area contributed by atoms with Crippen molar-refractivity contribution in [2.75, 3.05) is 14.2 Å². The van der Waals surface area contributed by atoms with E-state index in [1.807, 2.05) is 59.0 Å². The first-order chi connectivity index (χ1) is 12.2. The van der Waals surface area contributed by atoms with Gasteiger partial charge in [0.05, 0.1) is 25.3 Å². The van der Waals surface area contributed by atoms with Gasteiger partial charge in [0.2, 0.25) is 0 Å². The third kappa shape index (κ3) is 2.16. The Morgan fingerprint density at radius 2 is 1.40 bits per heavy atom. The zero-order chi connectivity index (χ0) is 17.6. The molecule has 124 valence electrons. The Morgan fingerprint density at radius 1 is 0.760 bits per heavy atom. The average molecular weight is 333 g/mol. The Hall–Kier alpha value is -3.34. The summed E-state index contributed by atoms with van der Waals surface area (Å²) >= 11 is 0. The average Bonchev–Trinajstić information content (AvgIpc) is 3.23. The van der Waals surface area contributed by atoms with Crippen molar-refractivity contribution in [3.05, 3.63) is 65.7 Å². The standard InChI is InChI=1S/C20H15NO4/c1-24-19(22)17-15-9-8-14-10-13(12-6-4-3-5-7-12)11-16(21(14)15)18(17)20(23)25-2/h3-11H,1-2H3. The van der Waals surface area contributed by atoms with Crippen LogP contribution in [0.1, 0.15) is 20.7 Å². The van der Waals surface area contributed by atoms with Gasteiger partial charge in [0.15, 0.2) is 0 Å². The summed E-state index contributed by atoms with van der Waals surface area (Å²) in [5.74, 6) is -1.12. The van der Waals surface area contributed by atoms with Gasteiger partial charge in [0.1, 0.15) is 11.1 Å². The van der Waals surface area contributed by atoms with Crippen LogP contribution in [-0.2, 0) is 9.47 Å². The van der Waals surface area contributed by atoms with Crippen molar-refractivity contribution in [2.45, 2.75) is 0 Å². The second kappa shape index (κ2) is 5.63. The summed E-state index contributed by atoms with van der Waals surface area (Å²) in [4.78, 5) is 24.7. The highest BCUT2D eigenvalue weighted by molar-refractivity contribution is 6.15. The molecule has 0 unspecified atom stereocenters. The SMILES string of the molecule is COC(=O)c1c(C(=O)OC)c2cc(-c3ccccc3)cc3ccc1n32. The van der Waals surface area contributed by atoms with Gasteiger partial charge in [-0.05, 0) is 35.4 Å². The topological polar surface area (TPSA) is 57.0 Å². The van der Waals surface area contributed by atoms with E-state index in [1.165, 1.54) is 14.2 Å². The van der Waals surface area contributed by atoms with Crippen molar-refractivity contribution >= 4 is 28.5 Å². The Balaban J connectivity index is 2.11. The number of hydrogen-bond acceptors (Lipinski definition) is 4. The van der Waals surface area contributed by atoms with Gasteiger partial charge in [-0.1, -0.05) is 30.3 Å². The second-order valence-corrected chi connectivity index (χ2v) is 5.71. The number of carbonyl (C=O) groups excluding carboxylic acids is 2. The van der Waals surface area contributed by atoms with Gasteiger partial charge in [-0.25, -0.2) is 9.59 Å². The molecule has 4 rings (SSSR count). The first-order valence-corrected chi connectivity index (χ1v) is 7.78. The lowest BCUT2D eigenvalue weighted by Crippen LogP contribution is -2.09. The van der Waals surface area contributed by atoms with Gasteiger partial charge in [0, 0.05) is 5.52 Å².